The second-order valence-electron chi connectivity index (χ2n) is 6.67. The van der Waals surface area contributed by atoms with Crippen LogP contribution in [0.15, 0.2) is 36.8 Å². The zero-order valence-corrected chi connectivity index (χ0v) is 13.9. The maximum absolute atomic E-state index is 10.9. The molecule has 1 aliphatic heterocycles. The van der Waals surface area contributed by atoms with Crippen molar-refractivity contribution in [2.45, 2.75) is 31.9 Å². The van der Waals surface area contributed by atoms with Crippen molar-refractivity contribution >= 4 is 0 Å². The van der Waals surface area contributed by atoms with Crippen molar-refractivity contribution in [3.8, 4) is 5.75 Å². The molecule has 0 amide bonds. The van der Waals surface area contributed by atoms with Crippen molar-refractivity contribution in [2.75, 3.05) is 19.7 Å². The number of nitrogens with zero attached hydrogens (tertiary/aromatic N) is 3. The largest absolute Gasteiger partial charge is 0.491 e. The summed E-state index contributed by atoms with van der Waals surface area (Å²) in [5, 5.41) is 10.9. The van der Waals surface area contributed by atoms with Crippen molar-refractivity contribution in [3.05, 3.63) is 48.0 Å². The second-order valence-corrected chi connectivity index (χ2v) is 6.67. The van der Waals surface area contributed by atoms with Crippen molar-refractivity contribution in [1.82, 2.24) is 14.5 Å². The van der Waals surface area contributed by atoms with Crippen molar-refractivity contribution in [3.63, 3.8) is 0 Å². The first-order valence-electron chi connectivity index (χ1n) is 8.13. The quantitative estimate of drug-likeness (QED) is 0.918. The van der Waals surface area contributed by atoms with Crippen LogP contribution in [0.2, 0.25) is 0 Å². The summed E-state index contributed by atoms with van der Waals surface area (Å²) in [5.74, 6) is 0.820. The highest BCUT2D eigenvalue weighted by Crippen LogP contribution is 2.24. The zero-order valence-electron chi connectivity index (χ0n) is 13.9. The van der Waals surface area contributed by atoms with E-state index in [9.17, 15) is 5.11 Å². The molecule has 1 aliphatic rings. The van der Waals surface area contributed by atoms with E-state index in [2.05, 4.69) is 9.88 Å². The SMILES string of the molecule is Cc1cccc(OCC2(O)CCCN(Cc3cn(C)cn3)C2)c1. The summed E-state index contributed by atoms with van der Waals surface area (Å²) in [5.41, 5.74) is 1.41. The van der Waals surface area contributed by atoms with Gasteiger partial charge in [-0.05, 0) is 44.0 Å². The lowest BCUT2D eigenvalue weighted by Gasteiger charge is -2.38. The van der Waals surface area contributed by atoms with Crippen molar-refractivity contribution < 1.29 is 9.84 Å². The summed E-state index contributed by atoms with van der Waals surface area (Å²) in [4.78, 5) is 6.62. The molecule has 5 heteroatoms. The first-order valence-corrected chi connectivity index (χ1v) is 8.13. The van der Waals surface area contributed by atoms with Crippen molar-refractivity contribution in [1.29, 1.82) is 0 Å². The van der Waals surface area contributed by atoms with Gasteiger partial charge >= 0.3 is 0 Å². The highest BCUT2D eigenvalue weighted by atomic mass is 16.5. The predicted octanol–water partition coefficient (Wildman–Crippen LogP) is 2.13. The lowest BCUT2D eigenvalue weighted by atomic mass is 9.93. The van der Waals surface area contributed by atoms with Gasteiger partial charge in [0.05, 0.1) is 12.0 Å². The van der Waals surface area contributed by atoms with E-state index in [1.807, 2.05) is 55.3 Å². The second kappa shape index (κ2) is 6.72. The van der Waals surface area contributed by atoms with Gasteiger partial charge in [0.25, 0.3) is 0 Å². The number of hydrogen-bond donors (Lipinski definition) is 1. The van der Waals surface area contributed by atoms with E-state index in [-0.39, 0.29) is 0 Å². The predicted molar refractivity (Wildman–Crippen MR) is 89.3 cm³/mol. The number of aliphatic hydroxyl groups is 1. The summed E-state index contributed by atoms with van der Waals surface area (Å²) in [6.07, 6.45) is 5.58. The van der Waals surface area contributed by atoms with Crippen LogP contribution in [0.25, 0.3) is 0 Å². The molecule has 1 saturated heterocycles. The molecule has 1 aromatic carbocycles. The van der Waals surface area contributed by atoms with E-state index in [1.54, 1.807) is 0 Å². The number of piperidine rings is 1. The topological polar surface area (TPSA) is 50.5 Å². The Labute approximate surface area is 137 Å². The average molecular weight is 315 g/mol. The monoisotopic (exact) mass is 315 g/mol. The zero-order chi connectivity index (χ0) is 16.3. The van der Waals surface area contributed by atoms with E-state index in [4.69, 9.17) is 4.74 Å². The fraction of sp³-hybridized carbons (Fsp3) is 0.500. The Bertz CT molecular complexity index is 655. The Balaban J connectivity index is 1.57. The third-order valence-corrected chi connectivity index (χ3v) is 4.28. The normalized spacial score (nSPS) is 22.2. The van der Waals surface area contributed by atoms with E-state index >= 15 is 0 Å². The molecule has 0 spiro atoms. The molecule has 0 bridgehead atoms. The van der Waals surface area contributed by atoms with E-state index < -0.39 is 5.60 Å². The smallest absolute Gasteiger partial charge is 0.119 e. The highest BCUT2D eigenvalue weighted by molar-refractivity contribution is 5.27. The number of likely N-dealkylation sites (tertiary alicyclic amines) is 1. The Hall–Kier alpha value is -1.85. The van der Waals surface area contributed by atoms with Gasteiger partial charge in [-0.2, -0.15) is 0 Å². The molecule has 1 unspecified atom stereocenters. The fourth-order valence-electron chi connectivity index (χ4n) is 3.16. The molecule has 3 rings (SSSR count). The molecule has 0 saturated carbocycles. The minimum Gasteiger partial charge on any atom is -0.491 e. The number of hydrogen-bond acceptors (Lipinski definition) is 4. The summed E-state index contributed by atoms with van der Waals surface area (Å²) < 4.78 is 7.79. The van der Waals surface area contributed by atoms with Crippen LogP contribution in [-0.4, -0.2) is 44.9 Å². The molecule has 1 atom stereocenters. The van der Waals surface area contributed by atoms with Crippen LogP contribution in [0.1, 0.15) is 24.1 Å². The molecule has 23 heavy (non-hydrogen) atoms. The van der Waals surface area contributed by atoms with Crippen LogP contribution in [-0.2, 0) is 13.6 Å². The number of benzene rings is 1. The number of aryl methyl sites for hydroxylation is 2. The van der Waals surface area contributed by atoms with E-state index in [1.165, 1.54) is 0 Å². The van der Waals surface area contributed by atoms with Crippen LogP contribution >= 0.6 is 0 Å². The summed E-state index contributed by atoms with van der Waals surface area (Å²) in [6, 6.07) is 7.95. The Morgan fingerprint density at radius 2 is 2.26 bits per heavy atom. The Morgan fingerprint density at radius 3 is 3.00 bits per heavy atom. The number of rotatable bonds is 5. The molecule has 1 fully saturated rings. The van der Waals surface area contributed by atoms with Gasteiger partial charge in [0.1, 0.15) is 18.0 Å². The maximum Gasteiger partial charge on any atom is 0.119 e. The lowest BCUT2D eigenvalue weighted by molar-refractivity contribution is -0.0623. The standard InChI is InChI=1S/C18H25N3O2/c1-15-5-3-6-17(9-15)23-13-18(22)7-4-8-21(12-18)11-16-10-20(2)14-19-16/h3,5-6,9-10,14,22H,4,7-8,11-13H2,1-2H3. The van der Waals surface area contributed by atoms with E-state index in [0.29, 0.717) is 13.2 Å². The third kappa shape index (κ3) is 4.33. The number of imidazole rings is 1. The van der Waals surface area contributed by atoms with Gasteiger partial charge in [0, 0.05) is 26.3 Å². The van der Waals surface area contributed by atoms with Gasteiger partial charge in [-0.1, -0.05) is 12.1 Å². The molecule has 1 aromatic heterocycles. The highest BCUT2D eigenvalue weighted by Gasteiger charge is 2.34. The summed E-state index contributed by atoms with van der Waals surface area (Å²) in [6.45, 7) is 4.75. The molecular weight excluding hydrogens is 290 g/mol. The molecule has 0 aliphatic carbocycles. The summed E-state index contributed by atoms with van der Waals surface area (Å²) >= 11 is 0. The van der Waals surface area contributed by atoms with Crippen LogP contribution in [0.3, 0.4) is 0 Å². The fourth-order valence-corrected chi connectivity index (χ4v) is 3.16. The van der Waals surface area contributed by atoms with Gasteiger partial charge in [0.15, 0.2) is 0 Å². The number of β-amino-alcohol motifs (C(OH)–C–C–N with tert-alkyl or cyclic N) is 1. The molecule has 1 N–H and O–H groups in total. The maximum atomic E-state index is 10.9. The molecule has 2 heterocycles. The van der Waals surface area contributed by atoms with Crippen LogP contribution in [0, 0.1) is 6.92 Å². The van der Waals surface area contributed by atoms with Crippen molar-refractivity contribution in [2.24, 2.45) is 7.05 Å². The van der Waals surface area contributed by atoms with Crippen LogP contribution in [0.4, 0.5) is 0 Å². The van der Waals surface area contributed by atoms with Gasteiger partial charge in [-0.25, -0.2) is 4.98 Å². The van der Waals surface area contributed by atoms with Crippen LogP contribution in [0.5, 0.6) is 5.75 Å². The summed E-state index contributed by atoms with van der Waals surface area (Å²) in [7, 11) is 1.97. The minimum atomic E-state index is -0.795. The first kappa shape index (κ1) is 16.0. The first-order chi connectivity index (χ1) is 11.0. The average Bonchev–Trinajstić information content (AvgIpc) is 2.91. The molecule has 124 valence electrons. The molecular formula is C18H25N3O2. The molecule has 2 aromatic rings. The van der Waals surface area contributed by atoms with Crippen LogP contribution < -0.4 is 4.74 Å². The van der Waals surface area contributed by atoms with Gasteiger partial charge in [-0.15, -0.1) is 0 Å². The molecule has 5 nitrogen and oxygen atoms in total. The van der Waals surface area contributed by atoms with E-state index in [0.717, 1.165) is 42.9 Å². The van der Waals surface area contributed by atoms with Gasteiger partial charge in [-0.3, -0.25) is 4.90 Å². The lowest BCUT2D eigenvalue weighted by Crippen LogP contribution is -2.51. The van der Waals surface area contributed by atoms with Gasteiger partial charge < -0.3 is 14.4 Å². The molecule has 0 radical (unpaired) electrons. The number of ether oxygens (including phenoxy) is 1. The minimum absolute atomic E-state index is 0.329. The number of aromatic nitrogens is 2. The Kier molecular flexibility index (Phi) is 4.68. The Morgan fingerprint density at radius 1 is 1.39 bits per heavy atom. The third-order valence-electron chi connectivity index (χ3n) is 4.28. The van der Waals surface area contributed by atoms with Gasteiger partial charge in [0.2, 0.25) is 0 Å².